The van der Waals surface area contributed by atoms with E-state index in [2.05, 4.69) is 14.9 Å². The first kappa shape index (κ1) is 18.0. The maximum Gasteiger partial charge on any atom is 0.573 e. The van der Waals surface area contributed by atoms with Gasteiger partial charge in [-0.05, 0) is 24.3 Å². The van der Waals surface area contributed by atoms with Crippen LogP contribution in [0.5, 0.6) is 5.75 Å². The van der Waals surface area contributed by atoms with E-state index in [9.17, 15) is 30.7 Å². The van der Waals surface area contributed by atoms with Crippen LogP contribution < -0.4 is 4.74 Å². The summed E-state index contributed by atoms with van der Waals surface area (Å²) in [6, 6.07) is 5.05. The molecule has 2 aromatic heterocycles. The van der Waals surface area contributed by atoms with Crippen LogP contribution in [0.15, 0.2) is 36.5 Å². The Morgan fingerprint density at radius 2 is 1.73 bits per heavy atom. The number of alkyl halides is 6. The smallest absolute Gasteiger partial charge is 0.406 e. The van der Waals surface area contributed by atoms with Crippen molar-refractivity contribution in [3.05, 3.63) is 48.2 Å². The molecule has 0 N–H and O–H groups in total. The number of hydrogen-bond donors (Lipinski definition) is 0. The molecule has 0 aliphatic heterocycles. The summed E-state index contributed by atoms with van der Waals surface area (Å²) in [5.41, 5.74) is -0.00547. The van der Waals surface area contributed by atoms with Crippen molar-refractivity contribution in [3.63, 3.8) is 0 Å². The largest absolute Gasteiger partial charge is 0.573 e. The molecule has 0 fully saturated rings. The molecular formula is C15H8F7N3O. The molecule has 1 atom stereocenters. The predicted octanol–water partition coefficient (Wildman–Crippen LogP) is 4.71. The van der Waals surface area contributed by atoms with E-state index in [0.717, 1.165) is 22.7 Å². The zero-order chi connectivity index (χ0) is 19.1. The normalized spacial score (nSPS) is 13.4. The Hall–Kier alpha value is -2.85. The van der Waals surface area contributed by atoms with Gasteiger partial charge in [-0.2, -0.15) is 0 Å². The van der Waals surface area contributed by atoms with E-state index in [1.807, 2.05) is 0 Å². The van der Waals surface area contributed by atoms with Gasteiger partial charge in [0.25, 0.3) is 6.43 Å². The molecule has 0 spiro atoms. The first-order valence-corrected chi connectivity index (χ1v) is 6.98. The van der Waals surface area contributed by atoms with Gasteiger partial charge in [-0.1, -0.05) is 0 Å². The number of ether oxygens (including phenoxy) is 1. The zero-order valence-corrected chi connectivity index (χ0v) is 12.5. The van der Waals surface area contributed by atoms with Gasteiger partial charge in [0, 0.05) is 23.4 Å². The molecule has 4 nitrogen and oxygen atoms in total. The average molecular weight is 379 g/mol. The molecule has 1 unspecified atom stereocenters. The molecule has 26 heavy (non-hydrogen) atoms. The predicted molar refractivity (Wildman–Crippen MR) is 74.9 cm³/mol. The Morgan fingerprint density at radius 1 is 1.00 bits per heavy atom. The summed E-state index contributed by atoms with van der Waals surface area (Å²) in [6.07, 6.45) is -9.90. The van der Waals surface area contributed by atoms with Crippen LogP contribution in [0, 0.1) is 5.82 Å². The van der Waals surface area contributed by atoms with Gasteiger partial charge in [0.15, 0.2) is 11.5 Å². The van der Waals surface area contributed by atoms with Crippen molar-refractivity contribution in [2.45, 2.75) is 19.0 Å². The van der Waals surface area contributed by atoms with E-state index in [1.54, 1.807) is 0 Å². The van der Waals surface area contributed by atoms with Crippen molar-refractivity contribution < 1.29 is 35.5 Å². The molecule has 1 aromatic carbocycles. The second-order valence-electron chi connectivity index (χ2n) is 5.13. The van der Waals surface area contributed by atoms with Crippen LogP contribution in [0.25, 0.3) is 16.8 Å². The fraction of sp³-hybridized carbons (Fsp3) is 0.200. The van der Waals surface area contributed by atoms with Crippen molar-refractivity contribution in [3.8, 4) is 16.9 Å². The molecule has 0 aliphatic carbocycles. The van der Waals surface area contributed by atoms with Crippen LogP contribution in [0.1, 0.15) is 12.0 Å². The molecule has 11 heteroatoms. The van der Waals surface area contributed by atoms with Crippen LogP contribution in [-0.4, -0.2) is 27.4 Å². The molecule has 0 radical (unpaired) electrons. The summed E-state index contributed by atoms with van der Waals surface area (Å²) in [4.78, 5) is 0. The lowest BCUT2D eigenvalue weighted by Gasteiger charge is -2.11. The lowest BCUT2D eigenvalue weighted by atomic mass is 10.1. The van der Waals surface area contributed by atoms with E-state index in [0.29, 0.717) is 6.07 Å². The highest BCUT2D eigenvalue weighted by Crippen LogP contribution is 2.30. The Bertz CT molecular complexity index is 939. The van der Waals surface area contributed by atoms with Gasteiger partial charge in [-0.15, -0.1) is 23.4 Å². The summed E-state index contributed by atoms with van der Waals surface area (Å²) >= 11 is 0. The van der Waals surface area contributed by atoms with E-state index >= 15 is 0 Å². The summed E-state index contributed by atoms with van der Waals surface area (Å²) < 4.78 is 93.9. The number of aromatic nitrogens is 3. The second kappa shape index (κ2) is 6.46. The van der Waals surface area contributed by atoms with Gasteiger partial charge >= 0.3 is 6.36 Å². The van der Waals surface area contributed by atoms with E-state index in [-0.39, 0.29) is 16.8 Å². The third-order valence-corrected chi connectivity index (χ3v) is 3.38. The van der Waals surface area contributed by atoms with Crippen molar-refractivity contribution in [1.29, 1.82) is 0 Å². The SMILES string of the molecule is Fc1cc(OC(F)(F)F)ccc1-c1ccc2nnc(C(F)C(F)F)n2c1. The highest BCUT2D eigenvalue weighted by molar-refractivity contribution is 5.66. The van der Waals surface area contributed by atoms with Crippen molar-refractivity contribution >= 4 is 5.65 Å². The number of rotatable bonds is 4. The number of nitrogens with zero attached hydrogens (tertiary/aromatic N) is 3. The van der Waals surface area contributed by atoms with E-state index in [4.69, 9.17) is 0 Å². The number of pyridine rings is 1. The molecule has 0 aliphatic rings. The summed E-state index contributed by atoms with van der Waals surface area (Å²) in [5, 5.41) is 6.88. The Kier molecular flexibility index (Phi) is 4.46. The minimum absolute atomic E-state index is 0.0458. The molecule has 0 saturated carbocycles. The molecule has 3 aromatic rings. The fourth-order valence-corrected chi connectivity index (χ4v) is 2.30. The highest BCUT2D eigenvalue weighted by Gasteiger charge is 2.31. The summed E-state index contributed by atoms with van der Waals surface area (Å²) in [7, 11) is 0. The van der Waals surface area contributed by atoms with Gasteiger partial charge in [0.2, 0.25) is 6.17 Å². The Balaban J connectivity index is 2.01. The zero-order valence-electron chi connectivity index (χ0n) is 12.5. The molecule has 3 rings (SSSR count). The van der Waals surface area contributed by atoms with E-state index < -0.39 is 36.4 Å². The van der Waals surface area contributed by atoms with Crippen LogP contribution >= 0.6 is 0 Å². The third-order valence-electron chi connectivity index (χ3n) is 3.38. The van der Waals surface area contributed by atoms with Gasteiger partial charge in [-0.25, -0.2) is 17.6 Å². The van der Waals surface area contributed by atoms with Crippen molar-refractivity contribution in [2.24, 2.45) is 0 Å². The highest BCUT2D eigenvalue weighted by atomic mass is 19.4. The average Bonchev–Trinajstić information content (AvgIpc) is 2.95. The quantitative estimate of drug-likeness (QED) is 0.617. The second-order valence-corrected chi connectivity index (χ2v) is 5.13. The van der Waals surface area contributed by atoms with Crippen LogP contribution in [0.3, 0.4) is 0 Å². The minimum Gasteiger partial charge on any atom is -0.406 e. The number of benzene rings is 1. The van der Waals surface area contributed by atoms with Crippen LogP contribution in [0.4, 0.5) is 30.7 Å². The maximum atomic E-state index is 14.1. The Labute approximate surface area is 140 Å². The lowest BCUT2D eigenvalue weighted by Crippen LogP contribution is -2.17. The number of fused-ring (bicyclic) bond motifs is 1. The van der Waals surface area contributed by atoms with Crippen LogP contribution in [-0.2, 0) is 0 Å². The van der Waals surface area contributed by atoms with Crippen molar-refractivity contribution in [2.75, 3.05) is 0 Å². The lowest BCUT2D eigenvalue weighted by molar-refractivity contribution is -0.274. The molecule has 0 amide bonds. The first-order chi connectivity index (χ1) is 12.2. The summed E-state index contributed by atoms with van der Waals surface area (Å²) in [5.74, 6) is -2.48. The maximum absolute atomic E-state index is 14.1. The van der Waals surface area contributed by atoms with Gasteiger partial charge in [-0.3, -0.25) is 4.40 Å². The van der Waals surface area contributed by atoms with Crippen LogP contribution in [0.2, 0.25) is 0 Å². The number of halogens is 7. The van der Waals surface area contributed by atoms with Gasteiger partial charge < -0.3 is 4.74 Å². The molecule has 0 saturated heterocycles. The molecule has 2 heterocycles. The van der Waals surface area contributed by atoms with E-state index in [1.165, 1.54) is 12.1 Å². The fourth-order valence-electron chi connectivity index (χ4n) is 2.30. The molecule has 0 bridgehead atoms. The van der Waals surface area contributed by atoms with Gasteiger partial charge in [0.05, 0.1) is 0 Å². The summed E-state index contributed by atoms with van der Waals surface area (Å²) in [6.45, 7) is 0. The Morgan fingerprint density at radius 3 is 2.35 bits per heavy atom. The topological polar surface area (TPSA) is 39.4 Å². The standard InChI is InChI=1S/C15H8F7N3O/c16-10-5-8(26-15(20,21)22)2-3-9(10)7-1-4-11-23-24-14(25(11)6-7)12(17)13(18)19/h1-6,12-13H. The third kappa shape index (κ3) is 3.55. The molecule has 138 valence electrons. The van der Waals surface area contributed by atoms with Gasteiger partial charge in [0.1, 0.15) is 11.6 Å². The van der Waals surface area contributed by atoms with Crippen molar-refractivity contribution in [1.82, 2.24) is 14.6 Å². The first-order valence-electron chi connectivity index (χ1n) is 6.98. The molecular weight excluding hydrogens is 371 g/mol. The monoisotopic (exact) mass is 379 g/mol. The number of hydrogen-bond acceptors (Lipinski definition) is 3. The minimum atomic E-state index is -4.98.